The van der Waals surface area contributed by atoms with Crippen LogP contribution in [0.5, 0.6) is 0 Å². The van der Waals surface area contributed by atoms with E-state index in [2.05, 4.69) is 11.9 Å². The van der Waals surface area contributed by atoms with Gasteiger partial charge in [-0.05, 0) is 46.0 Å². The summed E-state index contributed by atoms with van der Waals surface area (Å²) in [6, 6.07) is 0. The molecule has 0 fully saturated rings. The fourth-order valence-electron chi connectivity index (χ4n) is 1.69. The first-order valence-corrected chi connectivity index (χ1v) is 6.85. The van der Waals surface area contributed by atoms with Gasteiger partial charge in [-0.15, -0.1) is 6.58 Å². The Labute approximate surface area is 111 Å². The fraction of sp³-hybridized carbons (Fsp3) is 0.667. The maximum absolute atomic E-state index is 11.5. The number of nitrogens with one attached hydrogen (secondary N) is 1. The van der Waals surface area contributed by atoms with Gasteiger partial charge in [0.15, 0.2) is 0 Å². The number of amides is 1. The largest absolute Gasteiger partial charge is 0.446 e. The number of ether oxygens (including phenoxy) is 1. The molecule has 0 saturated heterocycles. The van der Waals surface area contributed by atoms with Crippen molar-refractivity contribution in [2.45, 2.75) is 65.4 Å². The molecule has 0 aliphatic carbocycles. The Morgan fingerprint density at radius 1 is 1.39 bits per heavy atom. The summed E-state index contributed by atoms with van der Waals surface area (Å²) in [6.45, 7) is 9.52. The van der Waals surface area contributed by atoms with Crippen molar-refractivity contribution in [3.8, 4) is 0 Å². The van der Waals surface area contributed by atoms with E-state index in [1.54, 1.807) is 0 Å². The van der Waals surface area contributed by atoms with Crippen LogP contribution in [0.3, 0.4) is 0 Å². The number of hydrogen-bond acceptors (Lipinski definition) is 2. The third kappa shape index (κ3) is 9.94. The SMILES string of the molecule is C=CCCCCCC(C)OC(=O)N/C(C)=C/CC. The summed E-state index contributed by atoms with van der Waals surface area (Å²) >= 11 is 0. The molecule has 1 N–H and O–H groups in total. The third-order valence-electron chi connectivity index (χ3n) is 2.64. The molecule has 1 unspecified atom stereocenters. The number of rotatable bonds is 9. The molecule has 1 atom stereocenters. The zero-order chi connectivity index (χ0) is 13.8. The Morgan fingerprint density at radius 3 is 2.72 bits per heavy atom. The van der Waals surface area contributed by atoms with Gasteiger partial charge in [-0.2, -0.15) is 0 Å². The van der Waals surface area contributed by atoms with Gasteiger partial charge in [0.2, 0.25) is 0 Å². The number of alkyl carbamates (subject to hydrolysis) is 1. The molecular weight excluding hydrogens is 226 g/mol. The summed E-state index contributed by atoms with van der Waals surface area (Å²) in [7, 11) is 0. The molecule has 0 radical (unpaired) electrons. The standard InChI is InChI=1S/C15H27NO2/c1-5-7-8-9-10-12-14(4)18-15(17)16-13(3)11-6-2/h5,11,14H,1,6-10,12H2,2-4H3,(H,16,17)/b13-11+. The van der Waals surface area contributed by atoms with Crippen molar-refractivity contribution in [2.75, 3.05) is 0 Å². The van der Waals surface area contributed by atoms with Gasteiger partial charge in [-0.25, -0.2) is 4.79 Å². The number of unbranched alkanes of at least 4 members (excludes halogenated alkanes) is 3. The Hall–Kier alpha value is -1.25. The van der Waals surface area contributed by atoms with Gasteiger partial charge in [-0.1, -0.05) is 25.5 Å². The molecular formula is C15H27NO2. The second-order valence-corrected chi connectivity index (χ2v) is 4.56. The molecule has 0 aliphatic heterocycles. The lowest BCUT2D eigenvalue weighted by Crippen LogP contribution is -2.26. The van der Waals surface area contributed by atoms with E-state index in [1.165, 1.54) is 6.42 Å². The molecule has 3 nitrogen and oxygen atoms in total. The van der Waals surface area contributed by atoms with E-state index in [1.807, 2.05) is 32.9 Å². The van der Waals surface area contributed by atoms with Crippen molar-refractivity contribution in [3.05, 3.63) is 24.4 Å². The average molecular weight is 253 g/mol. The number of carbonyl (C=O) groups excluding carboxylic acids is 1. The first-order chi connectivity index (χ1) is 8.60. The monoisotopic (exact) mass is 253 g/mol. The van der Waals surface area contributed by atoms with Crippen LogP contribution in [-0.2, 0) is 4.74 Å². The highest BCUT2D eigenvalue weighted by atomic mass is 16.6. The minimum Gasteiger partial charge on any atom is -0.446 e. The average Bonchev–Trinajstić information content (AvgIpc) is 2.28. The summed E-state index contributed by atoms with van der Waals surface area (Å²) in [5, 5.41) is 2.71. The van der Waals surface area contributed by atoms with Crippen LogP contribution in [0, 0.1) is 0 Å². The smallest absolute Gasteiger partial charge is 0.411 e. The van der Waals surface area contributed by atoms with Crippen LogP contribution < -0.4 is 5.32 Å². The topological polar surface area (TPSA) is 38.3 Å². The minimum atomic E-state index is -0.351. The predicted octanol–water partition coefficient (Wildman–Crippen LogP) is 4.55. The summed E-state index contributed by atoms with van der Waals surface area (Å²) in [5.74, 6) is 0. The van der Waals surface area contributed by atoms with E-state index in [-0.39, 0.29) is 12.2 Å². The van der Waals surface area contributed by atoms with E-state index in [0.29, 0.717) is 0 Å². The number of hydrogen-bond donors (Lipinski definition) is 1. The van der Waals surface area contributed by atoms with E-state index >= 15 is 0 Å². The van der Waals surface area contributed by atoms with Crippen LogP contribution in [0.25, 0.3) is 0 Å². The summed E-state index contributed by atoms with van der Waals surface area (Å²) in [6.07, 6.45) is 9.84. The normalized spacial score (nSPS) is 12.9. The van der Waals surface area contributed by atoms with Gasteiger partial charge < -0.3 is 4.74 Å². The van der Waals surface area contributed by atoms with Gasteiger partial charge in [0.05, 0.1) is 0 Å². The molecule has 0 aromatic rings. The molecule has 104 valence electrons. The molecule has 0 heterocycles. The molecule has 0 aliphatic rings. The summed E-state index contributed by atoms with van der Waals surface area (Å²) in [4.78, 5) is 11.5. The number of carbonyl (C=O) groups is 1. The Morgan fingerprint density at radius 2 is 2.11 bits per heavy atom. The van der Waals surface area contributed by atoms with Crippen molar-refractivity contribution in [3.63, 3.8) is 0 Å². The molecule has 0 spiro atoms. The predicted molar refractivity (Wildman–Crippen MR) is 76.4 cm³/mol. The van der Waals surface area contributed by atoms with E-state index in [9.17, 15) is 4.79 Å². The second kappa shape index (κ2) is 10.9. The first kappa shape index (κ1) is 16.8. The van der Waals surface area contributed by atoms with Crippen LogP contribution in [0.4, 0.5) is 4.79 Å². The molecule has 1 amide bonds. The quantitative estimate of drug-likeness (QED) is 0.483. The van der Waals surface area contributed by atoms with Crippen LogP contribution in [0.2, 0.25) is 0 Å². The zero-order valence-corrected chi connectivity index (χ0v) is 12.0. The molecule has 3 heteroatoms. The van der Waals surface area contributed by atoms with Crippen molar-refractivity contribution in [1.82, 2.24) is 5.32 Å². The van der Waals surface area contributed by atoms with Gasteiger partial charge in [0, 0.05) is 5.70 Å². The lowest BCUT2D eigenvalue weighted by molar-refractivity contribution is 0.103. The summed E-state index contributed by atoms with van der Waals surface area (Å²) in [5.41, 5.74) is 0.848. The Bertz CT molecular complexity index is 272. The highest BCUT2D eigenvalue weighted by Crippen LogP contribution is 2.08. The van der Waals surface area contributed by atoms with Crippen LogP contribution in [0.1, 0.15) is 59.3 Å². The van der Waals surface area contributed by atoms with Crippen LogP contribution in [0.15, 0.2) is 24.4 Å². The molecule has 0 rings (SSSR count). The van der Waals surface area contributed by atoms with E-state index in [0.717, 1.165) is 37.8 Å². The maximum Gasteiger partial charge on any atom is 0.411 e. The van der Waals surface area contributed by atoms with E-state index in [4.69, 9.17) is 4.74 Å². The van der Waals surface area contributed by atoms with Crippen LogP contribution in [-0.4, -0.2) is 12.2 Å². The van der Waals surface area contributed by atoms with Gasteiger partial charge in [-0.3, -0.25) is 5.32 Å². The van der Waals surface area contributed by atoms with Crippen molar-refractivity contribution < 1.29 is 9.53 Å². The lowest BCUT2D eigenvalue weighted by Gasteiger charge is -2.13. The van der Waals surface area contributed by atoms with E-state index < -0.39 is 0 Å². The van der Waals surface area contributed by atoms with Gasteiger partial charge in [0.1, 0.15) is 6.10 Å². The minimum absolute atomic E-state index is 0.0249. The van der Waals surface area contributed by atoms with Gasteiger partial charge >= 0.3 is 6.09 Å². The number of allylic oxidation sites excluding steroid dienone is 3. The van der Waals surface area contributed by atoms with Gasteiger partial charge in [0.25, 0.3) is 0 Å². The highest BCUT2D eigenvalue weighted by Gasteiger charge is 2.08. The molecule has 0 aromatic heterocycles. The van der Waals surface area contributed by atoms with Crippen molar-refractivity contribution >= 4 is 6.09 Å². The van der Waals surface area contributed by atoms with Crippen molar-refractivity contribution in [1.29, 1.82) is 0 Å². The lowest BCUT2D eigenvalue weighted by atomic mass is 10.1. The highest BCUT2D eigenvalue weighted by molar-refractivity contribution is 5.69. The Balaban J connectivity index is 3.67. The van der Waals surface area contributed by atoms with Crippen molar-refractivity contribution in [2.24, 2.45) is 0 Å². The molecule has 18 heavy (non-hydrogen) atoms. The molecule has 0 saturated carbocycles. The molecule has 0 bridgehead atoms. The second-order valence-electron chi connectivity index (χ2n) is 4.56. The molecule has 0 aromatic carbocycles. The third-order valence-corrected chi connectivity index (χ3v) is 2.64. The first-order valence-electron chi connectivity index (χ1n) is 6.85. The summed E-state index contributed by atoms with van der Waals surface area (Å²) < 4.78 is 5.26. The zero-order valence-electron chi connectivity index (χ0n) is 12.0. The maximum atomic E-state index is 11.5. The Kier molecular flexibility index (Phi) is 10.1. The fourth-order valence-corrected chi connectivity index (χ4v) is 1.69. The van der Waals surface area contributed by atoms with Crippen LogP contribution >= 0.6 is 0 Å².